The van der Waals surface area contributed by atoms with Crippen LogP contribution in [-0.2, 0) is 0 Å². The van der Waals surface area contributed by atoms with Crippen molar-refractivity contribution in [1.82, 2.24) is 0 Å². The van der Waals surface area contributed by atoms with Gasteiger partial charge in [0.25, 0.3) is 0 Å². The predicted octanol–water partition coefficient (Wildman–Crippen LogP) is 3.55. The van der Waals surface area contributed by atoms with Crippen LogP contribution < -0.4 is 0 Å². The fraction of sp³-hybridized carbons (Fsp3) is 0.636. The van der Waals surface area contributed by atoms with Gasteiger partial charge in [0.05, 0.1) is 0 Å². The molecule has 2 atom stereocenters. The third-order valence-electron chi connectivity index (χ3n) is 2.34. The van der Waals surface area contributed by atoms with Crippen molar-refractivity contribution < 1.29 is 0 Å². The molecule has 0 saturated heterocycles. The summed E-state index contributed by atoms with van der Waals surface area (Å²) in [6, 6.07) is 0. The van der Waals surface area contributed by atoms with Crippen molar-refractivity contribution in [2.24, 2.45) is 11.8 Å². The predicted molar refractivity (Wildman–Crippen MR) is 50.5 cm³/mol. The molecule has 0 heteroatoms. The average Bonchev–Trinajstić information content (AvgIpc) is 2.06. The lowest BCUT2D eigenvalue weighted by Gasteiger charge is -2.09. The Balaban J connectivity index is 2.47. The second kappa shape index (κ2) is 4.38. The van der Waals surface area contributed by atoms with Crippen LogP contribution >= 0.6 is 0 Å². The molecule has 0 nitrogen and oxygen atoms in total. The molecule has 11 heavy (non-hydrogen) atoms. The molecule has 0 saturated carbocycles. The van der Waals surface area contributed by atoms with Crippen molar-refractivity contribution in [3.63, 3.8) is 0 Å². The molecule has 0 aromatic heterocycles. The summed E-state index contributed by atoms with van der Waals surface area (Å²) in [7, 11) is 0. The Bertz CT molecular complexity index is 153. The molecule has 0 fully saturated rings. The molecule has 0 N–H and O–H groups in total. The molecule has 0 aromatic rings. The van der Waals surface area contributed by atoms with E-state index in [9.17, 15) is 0 Å². The van der Waals surface area contributed by atoms with Gasteiger partial charge in [0.1, 0.15) is 0 Å². The Hall–Kier alpha value is -0.520. The maximum absolute atomic E-state index is 2.34. The van der Waals surface area contributed by atoms with Crippen LogP contribution in [0.25, 0.3) is 0 Å². The van der Waals surface area contributed by atoms with Gasteiger partial charge < -0.3 is 0 Å². The standard InChI is InChI=1S/C11H18/c1-10-6-4-3-5-7-11(2)9-8-10/h3-6,10-11H,7-9H2,1-2H3/b5-3-,6-4-. The highest BCUT2D eigenvalue weighted by molar-refractivity contribution is 5.05. The van der Waals surface area contributed by atoms with Gasteiger partial charge >= 0.3 is 0 Å². The lowest BCUT2D eigenvalue weighted by atomic mass is 9.97. The first kappa shape index (κ1) is 8.58. The average molecular weight is 150 g/mol. The van der Waals surface area contributed by atoms with Crippen molar-refractivity contribution in [1.29, 1.82) is 0 Å². The van der Waals surface area contributed by atoms with Gasteiger partial charge in [-0.05, 0) is 31.1 Å². The Morgan fingerprint density at radius 3 is 2.73 bits per heavy atom. The molecule has 0 aliphatic heterocycles. The molecule has 62 valence electrons. The summed E-state index contributed by atoms with van der Waals surface area (Å²) in [6.07, 6.45) is 12.9. The lowest BCUT2D eigenvalue weighted by molar-refractivity contribution is 0.476. The van der Waals surface area contributed by atoms with Crippen LogP contribution in [0.2, 0.25) is 0 Å². The highest BCUT2D eigenvalue weighted by Gasteiger charge is 2.03. The molecule has 2 unspecified atom stereocenters. The summed E-state index contributed by atoms with van der Waals surface area (Å²) in [5, 5.41) is 0. The summed E-state index contributed by atoms with van der Waals surface area (Å²) < 4.78 is 0. The minimum absolute atomic E-state index is 0.764. The van der Waals surface area contributed by atoms with E-state index >= 15 is 0 Å². The summed E-state index contributed by atoms with van der Waals surface area (Å²) in [4.78, 5) is 0. The first-order valence-corrected chi connectivity index (χ1v) is 4.62. The highest BCUT2D eigenvalue weighted by Crippen LogP contribution is 2.17. The minimum Gasteiger partial charge on any atom is -0.0843 e. The van der Waals surface area contributed by atoms with E-state index in [1.165, 1.54) is 19.3 Å². The second-order valence-electron chi connectivity index (χ2n) is 3.71. The molecule has 0 bridgehead atoms. The number of hydrogen-bond donors (Lipinski definition) is 0. The van der Waals surface area contributed by atoms with E-state index in [-0.39, 0.29) is 0 Å². The lowest BCUT2D eigenvalue weighted by Crippen LogP contribution is -1.96. The van der Waals surface area contributed by atoms with Crippen LogP contribution in [0.3, 0.4) is 0 Å². The summed E-state index contributed by atoms with van der Waals surface area (Å²) in [5.74, 6) is 1.63. The van der Waals surface area contributed by atoms with Crippen LogP contribution in [0.5, 0.6) is 0 Å². The van der Waals surface area contributed by atoms with E-state index in [0.717, 1.165) is 11.8 Å². The van der Waals surface area contributed by atoms with Crippen LogP contribution in [0.4, 0.5) is 0 Å². The van der Waals surface area contributed by atoms with Crippen molar-refractivity contribution in [3.8, 4) is 0 Å². The van der Waals surface area contributed by atoms with E-state index in [1.807, 2.05) is 0 Å². The van der Waals surface area contributed by atoms with Crippen LogP contribution in [-0.4, -0.2) is 0 Å². The quantitative estimate of drug-likeness (QED) is 0.495. The molecule has 0 radical (unpaired) electrons. The van der Waals surface area contributed by atoms with Gasteiger partial charge in [0.2, 0.25) is 0 Å². The van der Waals surface area contributed by atoms with Gasteiger partial charge in [-0.1, -0.05) is 38.2 Å². The first-order chi connectivity index (χ1) is 5.29. The number of allylic oxidation sites excluding steroid dienone is 4. The maximum atomic E-state index is 2.34. The second-order valence-corrected chi connectivity index (χ2v) is 3.71. The largest absolute Gasteiger partial charge is 0.0843 e. The van der Waals surface area contributed by atoms with Crippen molar-refractivity contribution in [3.05, 3.63) is 24.3 Å². The Kier molecular flexibility index (Phi) is 3.41. The number of hydrogen-bond acceptors (Lipinski definition) is 0. The first-order valence-electron chi connectivity index (χ1n) is 4.62. The normalized spacial score (nSPS) is 38.4. The topological polar surface area (TPSA) is 0 Å². The molecular formula is C11H18. The number of rotatable bonds is 0. The Morgan fingerprint density at radius 2 is 1.91 bits per heavy atom. The smallest absolute Gasteiger partial charge is 0.0259 e. The van der Waals surface area contributed by atoms with Crippen LogP contribution in [0, 0.1) is 11.8 Å². The minimum atomic E-state index is 0.764. The van der Waals surface area contributed by atoms with Crippen molar-refractivity contribution in [2.75, 3.05) is 0 Å². The van der Waals surface area contributed by atoms with Crippen molar-refractivity contribution >= 4 is 0 Å². The molecule has 1 aliphatic carbocycles. The van der Waals surface area contributed by atoms with E-state index in [4.69, 9.17) is 0 Å². The molecule has 0 spiro atoms. The summed E-state index contributed by atoms with van der Waals surface area (Å²) >= 11 is 0. The van der Waals surface area contributed by atoms with Crippen LogP contribution in [0.15, 0.2) is 24.3 Å². The molecule has 1 aliphatic rings. The molecular weight excluding hydrogens is 132 g/mol. The molecule has 0 heterocycles. The third kappa shape index (κ3) is 3.41. The van der Waals surface area contributed by atoms with Crippen LogP contribution in [0.1, 0.15) is 33.1 Å². The monoisotopic (exact) mass is 150 g/mol. The molecule has 0 aromatic carbocycles. The van der Waals surface area contributed by atoms with Crippen molar-refractivity contribution in [2.45, 2.75) is 33.1 Å². The zero-order chi connectivity index (χ0) is 8.10. The van der Waals surface area contributed by atoms with E-state index < -0.39 is 0 Å². The molecule has 1 rings (SSSR count). The van der Waals surface area contributed by atoms with Gasteiger partial charge in [0.15, 0.2) is 0 Å². The van der Waals surface area contributed by atoms with Gasteiger partial charge in [-0.2, -0.15) is 0 Å². The Labute approximate surface area is 70.0 Å². The van der Waals surface area contributed by atoms with E-state index in [1.54, 1.807) is 0 Å². The third-order valence-corrected chi connectivity index (χ3v) is 2.34. The van der Waals surface area contributed by atoms with Gasteiger partial charge in [0, 0.05) is 0 Å². The summed E-state index contributed by atoms with van der Waals surface area (Å²) in [6.45, 7) is 4.63. The maximum Gasteiger partial charge on any atom is -0.0259 e. The molecule has 0 amide bonds. The fourth-order valence-electron chi connectivity index (χ4n) is 1.40. The van der Waals surface area contributed by atoms with E-state index in [0.29, 0.717) is 0 Å². The Morgan fingerprint density at radius 1 is 1.09 bits per heavy atom. The van der Waals surface area contributed by atoms with Gasteiger partial charge in [-0.25, -0.2) is 0 Å². The SMILES string of the molecule is CC1/C=C\C=C/CC(C)CC1. The summed E-state index contributed by atoms with van der Waals surface area (Å²) in [5.41, 5.74) is 0. The fourth-order valence-corrected chi connectivity index (χ4v) is 1.40. The van der Waals surface area contributed by atoms with E-state index in [2.05, 4.69) is 38.2 Å². The zero-order valence-electron chi connectivity index (χ0n) is 7.59. The highest BCUT2D eigenvalue weighted by atomic mass is 14.1. The van der Waals surface area contributed by atoms with Gasteiger partial charge in [-0.3, -0.25) is 0 Å². The van der Waals surface area contributed by atoms with Gasteiger partial charge in [-0.15, -0.1) is 0 Å². The zero-order valence-corrected chi connectivity index (χ0v) is 7.59.